The van der Waals surface area contributed by atoms with Crippen LogP contribution in [0.3, 0.4) is 0 Å². The molecule has 0 spiro atoms. The van der Waals surface area contributed by atoms with Crippen molar-refractivity contribution in [3.8, 4) is 0 Å². The van der Waals surface area contributed by atoms with Crippen molar-refractivity contribution in [2.75, 3.05) is 13.2 Å². The molecular formula is C11H16O4. The van der Waals surface area contributed by atoms with Gasteiger partial charge >= 0.3 is 5.97 Å². The Labute approximate surface area is 89.2 Å². The zero-order chi connectivity index (χ0) is 11.1. The highest BCUT2D eigenvalue weighted by Gasteiger charge is 2.20. The molecule has 0 aliphatic heterocycles. The van der Waals surface area contributed by atoms with E-state index in [1.165, 1.54) is 19.1 Å². The third kappa shape index (κ3) is 4.63. The summed E-state index contributed by atoms with van der Waals surface area (Å²) in [6.07, 6.45) is 5.17. The minimum absolute atomic E-state index is 0.0624. The summed E-state index contributed by atoms with van der Waals surface area (Å²) in [7, 11) is 0. The quantitative estimate of drug-likeness (QED) is 0.122. The lowest BCUT2D eigenvalue weighted by molar-refractivity contribution is -0.139. The molecule has 84 valence electrons. The molecule has 1 saturated carbocycles. The summed E-state index contributed by atoms with van der Waals surface area (Å²) in [6, 6.07) is 0. The minimum Gasteiger partial charge on any atom is -0.500 e. The van der Waals surface area contributed by atoms with E-state index < -0.39 is 5.97 Å². The third-order valence-electron chi connectivity index (χ3n) is 2.19. The first-order valence-corrected chi connectivity index (χ1v) is 5.22. The van der Waals surface area contributed by atoms with Crippen molar-refractivity contribution in [3.63, 3.8) is 0 Å². The summed E-state index contributed by atoms with van der Waals surface area (Å²) >= 11 is 0. The Morgan fingerprint density at radius 2 is 2.20 bits per heavy atom. The number of ether oxygens (including phenoxy) is 2. The number of esters is 1. The van der Waals surface area contributed by atoms with Crippen LogP contribution in [-0.4, -0.2) is 25.5 Å². The van der Waals surface area contributed by atoms with Crippen LogP contribution >= 0.6 is 0 Å². The van der Waals surface area contributed by atoms with E-state index in [1.807, 2.05) is 0 Å². The van der Waals surface area contributed by atoms with Gasteiger partial charge in [-0.15, -0.1) is 0 Å². The van der Waals surface area contributed by atoms with Crippen molar-refractivity contribution in [2.45, 2.75) is 26.2 Å². The number of carbonyl (C=O) groups is 2. The molecule has 0 aromatic rings. The number of rotatable bonds is 7. The molecule has 0 aromatic carbocycles. The Morgan fingerprint density at radius 1 is 1.47 bits per heavy atom. The van der Waals surface area contributed by atoms with Gasteiger partial charge in [0.05, 0.1) is 13.2 Å². The fourth-order valence-corrected chi connectivity index (χ4v) is 1.13. The second-order valence-electron chi connectivity index (χ2n) is 3.51. The summed E-state index contributed by atoms with van der Waals surface area (Å²) < 4.78 is 9.78. The topological polar surface area (TPSA) is 52.6 Å². The van der Waals surface area contributed by atoms with Gasteiger partial charge in [-0.1, -0.05) is 12.8 Å². The van der Waals surface area contributed by atoms with Crippen LogP contribution in [0, 0.1) is 5.92 Å². The van der Waals surface area contributed by atoms with Crippen molar-refractivity contribution in [1.29, 1.82) is 0 Å². The maximum atomic E-state index is 11.1. The first-order valence-electron chi connectivity index (χ1n) is 5.22. The molecule has 1 aliphatic rings. The fourth-order valence-electron chi connectivity index (χ4n) is 1.13. The van der Waals surface area contributed by atoms with E-state index in [9.17, 15) is 9.59 Å². The van der Waals surface area contributed by atoms with Crippen LogP contribution in [-0.2, 0) is 19.1 Å². The van der Waals surface area contributed by atoms with Crippen LogP contribution in [0.25, 0.3) is 0 Å². The first kappa shape index (κ1) is 11.8. The summed E-state index contributed by atoms with van der Waals surface area (Å²) in [5, 5.41) is 0. The molecule has 1 fully saturated rings. The molecule has 0 unspecified atom stereocenters. The standard InChI is InChI=1S/C11H16O4/c1-2-15-11(13)10(7-12)8-14-6-5-9-3-4-9/h7-9H,2-6H2,1H3. The van der Waals surface area contributed by atoms with Crippen molar-refractivity contribution >= 4 is 12.3 Å². The Hall–Kier alpha value is -1.32. The highest BCUT2D eigenvalue weighted by molar-refractivity contribution is 6.07. The van der Waals surface area contributed by atoms with E-state index in [2.05, 4.69) is 4.74 Å². The first-order chi connectivity index (χ1) is 7.27. The molecule has 0 atom stereocenters. The maximum Gasteiger partial charge on any atom is 0.344 e. The average molecular weight is 212 g/mol. The smallest absolute Gasteiger partial charge is 0.344 e. The van der Waals surface area contributed by atoms with Gasteiger partial charge in [-0.2, -0.15) is 0 Å². The molecule has 0 radical (unpaired) electrons. The Balaban J connectivity index is 2.24. The van der Waals surface area contributed by atoms with Crippen LogP contribution in [0.1, 0.15) is 26.2 Å². The summed E-state index contributed by atoms with van der Waals surface area (Å²) in [6.45, 7) is 2.50. The van der Waals surface area contributed by atoms with Crippen molar-refractivity contribution in [1.82, 2.24) is 0 Å². The van der Waals surface area contributed by atoms with E-state index in [4.69, 9.17) is 4.74 Å². The number of hydrogen-bond acceptors (Lipinski definition) is 4. The van der Waals surface area contributed by atoms with Crippen LogP contribution in [0.2, 0.25) is 0 Å². The molecule has 4 nitrogen and oxygen atoms in total. The summed E-state index contributed by atoms with van der Waals surface area (Å²) in [5.41, 5.74) is -0.0624. The number of hydrogen-bond donors (Lipinski definition) is 0. The molecule has 0 bridgehead atoms. The van der Waals surface area contributed by atoms with Crippen LogP contribution < -0.4 is 0 Å². The summed E-state index contributed by atoms with van der Waals surface area (Å²) in [4.78, 5) is 21.6. The van der Waals surface area contributed by atoms with Crippen LogP contribution in [0.5, 0.6) is 0 Å². The highest BCUT2D eigenvalue weighted by atomic mass is 16.5. The number of carbonyl (C=O) groups excluding carboxylic acids is 2. The van der Waals surface area contributed by atoms with Crippen molar-refractivity contribution in [3.05, 3.63) is 11.8 Å². The molecule has 1 rings (SSSR count). The molecule has 0 N–H and O–H groups in total. The lowest BCUT2D eigenvalue weighted by Gasteiger charge is -2.02. The number of aldehydes is 1. The molecule has 0 saturated heterocycles. The second kappa shape index (κ2) is 6.22. The molecule has 0 amide bonds. The van der Waals surface area contributed by atoms with E-state index in [0.717, 1.165) is 12.3 Å². The van der Waals surface area contributed by atoms with Gasteiger partial charge in [-0.3, -0.25) is 4.79 Å². The lowest BCUT2D eigenvalue weighted by Crippen LogP contribution is -2.09. The van der Waals surface area contributed by atoms with Gasteiger partial charge in [-0.25, -0.2) is 4.79 Å². The van der Waals surface area contributed by atoms with Crippen molar-refractivity contribution in [2.24, 2.45) is 5.92 Å². The van der Waals surface area contributed by atoms with E-state index in [-0.39, 0.29) is 12.2 Å². The Kier molecular flexibility index (Phi) is 4.87. The highest BCUT2D eigenvalue weighted by Crippen LogP contribution is 2.32. The molecular weight excluding hydrogens is 196 g/mol. The van der Waals surface area contributed by atoms with Gasteiger partial charge in [0.2, 0.25) is 0 Å². The van der Waals surface area contributed by atoms with E-state index >= 15 is 0 Å². The van der Waals surface area contributed by atoms with E-state index in [0.29, 0.717) is 12.9 Å². The van der Waals surface area contributed by atoms with Gasteiger partial charge < -0.3 is 9.47 Å². The van der Waals surface area contributed by atoms with Gasteiger partial charge in [0.15, 0.2) is 6.29 Å². The normalized spacial score (nSPS) is 15.9. The van der Waals surface area contributed by atoms with Gasteiger partial charge in [-0.05, 0) is 19.3 Å². The zero-order valence-corrected chi connectivity index (χ0v) is 8.90. The van der Waals surface area contributed by atoms with Crippen LogP contribution in [0.15, 0.2) is 11.8 Å². The third-order valence-corrected chi connectivity index (χ3v) is 2.19. The van der Waals surface area contributed by atoms with Gasteiger partial charge in [0.1, 0.15) is 11.8 Å². The fraction of sp³-hybridized carbons (Fsp3) is 0.636. The molecule has 0 aromatic heterocycles. The Bertz CT molecular complexity index is 253. The average Bonchev–Trinajstić information content (AvgIpc) is 3.02. The van der Waals surface area contributed by atoms with Gasteiger partial charge in [0, 0.05) is 0 Å². The zero-order valence-electron chi connectivity index (χ0n) is 8.90. The van der Waals surface area contributed by atoms with Crippen LogP contribution in [0.4, 0.5) is 0 Å². The maximum absolute atomic E-state index is 11.1. The summed E-state index contributed by atoms with van der Waals surface area (Å²) in [5.74, 6) is 0.152. The predicted octanol–water partition coefficient (Wildman–Crippen LogP) is 1.45. The molecule has 4 heteroatoms. The van der Waals surface area contributed by atoms with E-state index in [1.54, 1.807) is 6.92 Å². The Morgan fingerprint density at radius 3 is 2.73 bits per heavy atom. The largest absolute Gasteiger partial charge is 0.500 e. The lowest BCUT2D eigenvalue weighted by atomic mass is 10.3. The molecule has 15 heavy (non-hydrogen) atoms. The molecule has 0 heterocycles. The molecule has 1 aliphatic carbocycles. The second-order valence-corrected chi connectivity index (χ2v) is 3.51. The van der Waals surface area contributed by atoms with Crippen molar-refractivity contribution < 1.29 is 19.1 Å². The monoisotopic (exact) mass is 212 g/mol. The van der Waals surface area contributed by atoms with Gasteiger partial charge in [0.25, 0.3) is 0 Å². The SMILES string of the molecule is CCOC(=O)C(C=O)=COCCC1CC1. The predicted molar refractivity (Wildman–Crippen MR) is 54.1 cm³/mol. The minimum atomic E-state index is -0.626.